The second-order valence-corrected chi connectivity index (χ2v) is 5.27. The van der Waals surface area contributed by atoms with E-state index in [1.165, 1.54) is 0 Å². The van der Waals surface area contributed by atoms with Gasteiger partial charge in [0.15, 0.2) is 0 Å². The molecule has 1 atom stereocenters. The van der Waals surface area contributed by atoms with Gasteiger partial charge in [0.05, 0.1) is 0 Å². The van der Waals surface area contributed by atoms with Crippen LogP contribution in [0, 0.1) is 5.41 Å². The third-order valence-corrected chi connectivity index (χ3v) is 2.95. The summed E-state index contributed by atoms with van der Waals surface area (Å²) in [4.78, 5) is 13.4. The first-order valence-corrected chi connectivity index (χ1v) is 5.44. The first-order valence-electron chi connectivity index (χ1n) is 5.44. The van der Waals surface area contributed by atoms with E-state index in [9.17, 15) is 4.79 Å². The Kier molecular flexibility index (Phi) is 3.53. The molecule has 0 saturated carbocycles. The molecule has 1 amide bonds. The molecule has 3 heteroatoms. The van der Waals surface area contributed by atoms with Crippen LogP contribution in [-0.4, -0.2) is 29.9 Å². The van der Waals surface area contributed by atoms with Crippen LogP contribution in [-0.2, 0) is 4.79 Å². The molecule has 1 aliphatic rings. The van der Waals surface area contributed by atoms with Gasteiger partial charge in [-0.05, 0) is 18.3 Å². The summed E-state index contributed by atoms with van der Waals surface area (Å²) in [5.41, 5.74) is 6.13. The van der Waals surface area contributed by atoms with E-state index in [0.29, 0.717) is 13.0 Å². The molecule has 0 aromatic rings. The second-order valence-electron chi connectivity index (χ2n) is 5.27. The molecule has 82 valence electrons. The number of amides is 1. The Bertz CT molecular complexity index is 208. The number of carbonyl (C=O) groups is 1. The average molecular weight is 198 g/mol. The van der Waals surface area contributed by atoms with E-state index >= 15 is 0 Å². The molecule has 14 heavy (non-hydrogen) atoms. The van der Waals surface area contributed by atoms with Crippen molar-refractivity contribution in [3.05, 3.63) is 0 Å². The lowest BCUT2D eigenvalue weighted by Crippen LogP contribution is -2.48. The maximum absolute atomic E-state index is 11.5. The second kappa shape index (κ2) is 4.30. The number of piperidine rings is 1. The Labute approximate surface area is 86.6 Å². The summed E-state index contributed by atoms with van der Waals surface area (Å²) in [7, 11) is 0. The molecule has 0 aromatic heterocycles. The standard InChI is InChI=1S/C11H22N2O/c1-11(2,3)9(12)8-13-7-5-4-6-10(13)14/h9H,4-8,12H2,1-3H3/t9-/m1/s1. The minimum atomic E-state index is 0.0737. The number of rotatable bonds is 2. The summed E-state index contributed by atoms with van der Waals surface area (Å²) >= 11 is 0. The molecule has 0 spiro atoms. The number of likely N-dealkylation sites (tertiary alicyclic amines) is 1. The van der Waals surface area contributed by atoms with Crippen LogP contribution in [0.3, 0.4) is 0 Å². The van der Waals surface area contributed by atoms with E-state index in [2.05, 4.69) is 20.8 Å². The summed E-state index contributed by atoms with van der Waals surface area (Å²) in [5, 5.41) is 0. The largest absolute Gasteiger partial charge is 0.341 e. The van der Waals surface area contributed by atoms with Crippen LogP contribution in [0.25, 0.3) is 0 Å². The number of carbonyl (C=O) groups excluding carboxylic acids is 1. The van der Waals surface area contributed by atoms with Crippen LogP contribution in [0.4, 0.5) is 0 Å². The Morgan fingerprint density at radius 1 is 1.43 bits per heavy atom. The molecule has 0 unspecified atom stereocenters. The van der Waals surface area contributed by atoms with Gasteiger partial charge in [0.1, 0.15) is 0 Å². The minimum absolute atomic E-state index is 0.0737. The molecular formula is C11H22N2O. The molecule has 0 radical (unpaired) electrons. The van der Waals surface area contributed by atoms with Crippen LogP contribution in [0.15, 0.2) is 0 Å². The van der Waals surface area contributed by atoms with Crippen molar-refractivity contribution in [2.75, 3.05) is 13.1 Å². The van der Waals surface area contributed by atoms with Gasteiger partial charge in [0.2, 0.25) is 5.91 Å². The van der Waals surface area contributed by atoms with Crippen molar-refractivity contribution in [2.45, 2.75) is 46.1 Å². The highest BCUT2D eigenvalue weighted by molar-refractivity contribution is 5.76. The van der Waals surface area contributed by atoms with E-state index in [-0.39, 0.29) is 17.4 Å². The maximum atomic E-state index is 11.5. The Hall–Kier alpha value is -0.570. The van der Waals surface area contributed by atoms with Crippen molar-refractivity contribution >= 4 is 5.91 Å². The van der Waals surface area contributed by atoms with Gasteiger partial charge in [-0.25, -0.2) is 0 Å². The zero-order valence-electron chi connectivity index (χ0n) is 9.55. The Balaban J connectivity index is 2.46. The third-order valence-electron chi connectivity index (χ3n) is 2.95. The predicted octanol–water partition coefficient (Wildman–Crippen LogP) is 1.37. The number of nitrogens with two attached hydrogens (primary N) is 1. The van der Waals surface area contributed by atoms with Crippen LogP contribution in [0.1, 0.15) is 40.0 Å². The predicted molar refractivity (Wildman–Crippen MR) is 57.9 cm³/mol. The lowest BCUT2D eigenvalue weighted by Gasteiger charge is -2.34. The summed E-state index contributed by atoms with van der Waals surface area (Å²) in [5.74, 6) is 0.274. The molecule has 1 heterocycles. The SMILES string of the molecule is CC(C)(C)[C@H](N)CN1CCCCC1=O. The monoisotopic (exact) mass is 198 g/mol. The number of hydrogen-bond donors (Lipinski definition) is 1. The lowest BCUT2D eigenvalue weighted by atomic mass is 9.87. The quantitative estimate of drug-likeness (QED) is 0.728. The summed E-state index contributed by atoms with van der Waals surface area (Å²) < 4.78 is 0. The van der Waals surface area contributed by atoms with Crippen LogP contribution >= 0.6 is 0 Å². The van der Waals surface area contributed by atoms with Gasteiger partial charge in [-0.2, -0.15) is 0 Å². The van der Waals surface area contributed by atoms with Crippen molar-refractivity contribution < 1.29 is 4.79 Å². The number of nitrogens with zero attached hydrogens (tertiary/aromatic N) is 1. The zero-order valence-corrected chi connectivity index (χ0v) is 9.55. The zero-order chi connectivity index (χ0) is 10.8. The van der Waals surface area contributed by atoms with E-state index in [4.69, 9.17) is 5.73 Å². The Morgan fingerprint density at radius 3 is 2.57 bits per heavy atom. The van der Waals surface area contributed by atoms with Crippen LogP contribution in [0.5, 0.6) is 0 Å². The van der Waals surface area contributed by atoms with Crippen molar-refractivity contribution in [1.29, 1.82) is 0 Å². The van der Waals surface area contributed by atoms with Gasteiger partial charge in [-0.3, -0.25) is 4.79 Å². The smallest absolute Gasteiger partial charge is 0.222 e. The molecule has 1 saturated heterocycles. The van der Waals surface area contributed by atoms with Crippen LogP contribution in [0.2, 0.25) is 0 Å². The maximum Gasteiger partial charge on any atom is 0.222 e. The summed E-state index contributed by atoms with van der Waals surface area (Å²) in [6, 6.07) is 0.0737. The van der Waals surface area contributed by atoms with E-state index in [1.807, 2.05) is 4.90 Å². The topological polar surface area (TPSA) is 46.3 Å². The van der Waals surface area contributed by atoms with Gasteiger partial charge in [-0.1, -0.05) is 20.8 Å². The van der Waals surface area contributed by atoms with E-state index < -0.39 is 0 Å². The van der Waals surface area contributed by atoms with Gasteiger partial charge < -0.3 is 10.6 Å². The van der Waals surface area contributed by atoms with Crippen molar-refractivity contribution in [2.24, 2.45) is 11.1 Å². The normalized spacial score (nSPS) is 21.1. The molecule has 0 aromatic carbocycles. The highest BCUT2D eigenvalue weighted by Crippen LogP contribution is 2.20. The van der Waals surface area contributed by atoms with Gasteiger partial charge >= 0.3 is 0 Å². The molecule has 0 bridgehead atoms. The van der Waals surface area contributed by atoms with Crippen molar-refractivity contribution in [3.63, 3.8) is 0 Å². The first-order chi connectivity index (χ1) is 6.41. The fourth-order valence-electron chi connectivity index (χ4n) is 1.57. The highest BCUT2D eigenvalue weighted by atomic mass is 16.2. The summed E-state index contributed by atoms with van der Waals surface area (Å²) in [6.45, 7) is 7.95. The van der Waals surface area contributed by atoms with Gasteiger partial charge in [-0.15, -0.1) is 0 Å². The fraction of sp³-hybridized carbons (Fsp3) is 0.909. The minimum Gasteiger partial charge on any atom is -0.341 e. The van der Waals surface area contributed by atoms with Crippen molar-refractivity contribution in [3.8, 4) is 0 Å². The molecule has 1 rings (SSSR count). The lowest BCUT2D eigenvalue weighted by molar-refractivity contribution is -0.133. The Morgan fingerprint density at radius 2 is 2.07 bits per heavy atom. The number of hydrogen-bond acceptors (Lipinski definition) is 2. The van der Waals surface area contributed by atoms with Crippen molar-refractivity contribution in [1.82, 2.24) is 4.90 Å². The molecule has 1 fully saturated rings. The molecular weight excluding hydrogens is 176 g/mol. The average Bonchev–Trinajstić information content (AvgIpc) is 2.07. The summed E-state index contributed by atoms with van der Waals surface area (Å²) in [6.07, 6.45) is 2.87. The first kappa shape index (κ1) is 11.5. The molecule has 1 aliphatic heterocycles. The fourth-order valence-corrected chi connectivity index (χ4v) is 1.57. The van der Waals surface area contributed by atoms with E-state index in [0.717, 1.165) is 19.4 Å². The third kappa shape index (κ3) is 2.98. The molecule has 0 aliphatic carbocycles. The van der Waals surface area contributed by atoms with Gasteiger partial charge in [0, 0.05) is 25.6 Å². The molecule has 3 nitrogen and oxygen atoms in total. The highest BCUT2D eigenvalue weighted by Gasteiger charge is 2.26. The van der Waals surface area contributed by atoms with Gasteiger partial charge in [0.25, 0.3) is 0 Å². The molecule has 2 N–H and O–H groups in total. The van der Waals surface area contributed by atoms with Crippen LogP contribution < -0.4 is 5.73 Å². The van der Waals surface area contributed by atoms with E-state index in [1.54, 1.807) is 0 Å².